The first-order valence-corrected chi connectivity index (χ1v) is 15.4. The molecule has 0 radical (unpaired) electrons. The first-order chi connectivity index (χ1) is 21.4. The van der Waals surface area contributed by atoms with Crippen LogP contribution in [0, 0.1) is 17.6 Å². The Balaban J connectivity index is 1.58. The average Bonchev–Trinajstić information content (AvgIpc) is 3.20. The molecule has 1 aromatic heterocycles. The van der Waals surface area contributed by atoms with Crippen molar-refractivity contribution in [2.45, 2.75) is 90.7 Å². The van der Waals surface area contributed by atoms with Crippen LogP contribution >= 0.6 is 0 Å². The maximum Gasteiger partial charge on any atom is 0.419 e. The number of nitrogens with zero attached hydrogens (tertiary/aromatic N) is 3. The van der Waals surface area contributed by atoms with E-state index < -0.39 is 77.7 Å². The van der Waals surface area contributed by atoms with Crippen molar-refractivity contribution in [3.05, 3.63) is 70.4 Å². The molecule has 250 valence electrons. The minimum Gasteiger partial charge on any atom is -0.444 e. The molecule has 3 heterocycles. The van der Waals surface area contributed by atoms with Gasteiger partial charge in [0.05, 0.1) is 29.9 Å². The van der Waals surface area contributed by atoms with Crippen LogP contribution in [-0.2, 0) is 15.9 Å². The molecule has 0 aliphatic carbocycles. The molecule has 2 aliphatic heterocycles. The molecular weight excluding hydrogens is 606 g/mol. The summed E-state index contributed by atoms with van der Waals surface area (Å²) < 4.78 is 72.8. The number of aliphatic hydroxyl groups is 1. The number of benzene rings is 2. The van der Waals surface area contributed by atoms with Gasteiger partial charge in [-0.15, -0.1) is 0 Å². The predicted octanol–water partition coefficient (Wildman–Crippen LogP) is 7.20. The van der Waals surface area contributed by atoms with Crippen LogP contribution in [0.2, 0.25) is 0 Å². The molecule has 1 amide bonds. The Kier molecular flexibility index (Phi) is 8.93. The summed E-state index contributed by atoms with van der Waals surface area (Å²) in [5.74, 6) is -2.60. The van der Waals surface area contributed by atoms with Crippen LogP contribution in [0.1, 0.15) is 83.0 Å². The topological polar surface area (TPSA) is 84.2 Å². The number of ether oxygens (including phenoxy) is 2. The largest absolute Gasteiger partial charge is 0.444 e. The van der Waals surface area contributed by atoms with Gasteiger partial charge in [-0.1, -0.05) is 18.2 Å². The van der Waals surface area contributed by atoms with Crippen LogP contribution in [0.3, 0.4) is 0 Å². The van der Waals surface area contributed by atoms with Crippen molar-refractivity contribution in [1.29, 1.82) is 0 Å². The van der Waals surface area contributed by atoms with Gasteiger partial charge in [0, 0.05) is 36.0 Å². The Morgan fingerprint density at radius 3 is 2.09 bits per heavy atom. The quantitative estimate of drug-likeness (QED) is 0.295. The Bertz CT molecular complexity index is 1610. The van der Waals surface area contributed by atoms with Crippen LogP contribution < -0.4 is 0 Å². The number of carbonyl (C=O) groups is 2. The van der Waals surface area contributed by atoms with Gasteiger partial charge in [-0.25, -0.2) is 31.7 Å². The number of rotatable bonds is 5. The Hall–Kier alpha value is -3.64. The second kappa shape index (κ2) is 12.2. The fourth-order valence-corrected chi connectivity index (χ4v) is 6.40. The molecule has 12 heteroatoms. The summed E-state index contributed by atoms with van der Waals surface area (Å²) in [6.45, 7) is 11.4. The number of hydrogen-bond acceptors (Lipinski definition) is 6. The van der Waals surface area contributed by atoms with E-state index >= 15 is 8.78 Å². The van der Waals surface area contributed by atoms with Gasteiger partial charge in [0.1, 0.15) is 22.8 Å². The fourth-order valence-electron chi connectivity index (χ4n) is 6.40. The van der Waals surface area contributed by atoms with Crippen molar-refractivity contribution in [3.8, 4) is 0 Å². The first kappa shape index (κ1) is 33.7. The highest BCUT2D eigenvalue weighted by molar-refractivity contribution is 5.94. The molecule has 0 saturated carbocycles. The molecule has 1 N–H and O–H groups in total. The van der Waals surface area contributed by atoms with E-state index in [-0.39, 0.29) is 30.8 Å². The van der Waals surface area contributed by atoms with Gasteiger partial charge >= 0.3 is 12.2 Å². The van der Waals surface area contributed by atoms with E-state index in [0.717, 1.165) is 12.1 Å². The first-order valence-electron chi connectivity index (χ1n) is 15.4. The number of fused-ring (bicyclic) bond motifs is 3. The molecule has 1 unspecified atom stereocenters. The van der Waals surface area contributed by atoms with E-state index in [9.17, 15) is 23.5 Å². The van der Waals surface area contributed by atoms with Gasteiger partial charge in [0.15, 0.2) is 0 Å². The van der Waals surface area contributed by atoms with Gasteiger partial charge in [0.25, 0.3) is 6.43 Å². The van der Waals surface area contributed by atoms with E-state index in [4.69, 9.17) is 9.47 Å². The van der Waals surface area contributed by atoms with Crippen molar-refractivity contribution < 1.29 is 41.7 Å². The summed E-state index contributed by atoms with van der Waals surface area (Å²) in [6.07, 6.45) is -5.23. The average molecular weight is 648 g/mol. The van der Waals surface area contributed by atoms with Crippen LogP contribution in [0.4, 0.5) is 27.2 Å². The monoisotopic (exact) mass is 647 g/mol. The summed E-state index contributed by atoms with van der Waals surface area (Å²) in [5, 5.41) is 11.7. The molecule has 0 bridgehead atoms. The van der Waals surface area contributed by atoms with Crippen molar-refractivity contribution in [2.24, 2.45) is 5.92 Å². The van der Waals surface area contributed by atoms with E-state index in [2.05, 4.69) is 0 Å². The van der Waals surface area contributed by atoms with Gasteiger partial charge in [-0.2, -0.15) is 0 Å². The third-order valence-electron chi connectivity index (χ3n) is 8.33. The van der Waals surface area contributed by atoms with Crippen molar-refractivity contribution in [1.82, 2.24) is 14.4 Å². The van der Waals surface area contributed by atoms with Crippen LogP contribution in [-0.4, -0.2) is 75.0 Å². The van der Waals surface area contributed by atoms with Crippen molar-refractivity contribution >= 4 is 23.1 Å². The summed E-state index contributed by atoms with van der Waals surface area (Å²) in [7, 11) is 0. The summed E-state index contributed by atoms with van der Waals surface area (Å²) >= 11 is 0. The Morgan fingerprint density at radius 2 is 1.52 bits per heavy atom. The van der Waals surface area contributed by atoms with Gasteiger partial charge in [-0.05, 0) is 84.2 Å². The smallest absolute Gasteiger partial charge is 0.419 e. The number of alkyl halides is 2. The van der Waals surface area contributed by atoms with E-state index in [1.54, 1.807) is 72.7 Å². The van der Waals surface area contributed by atoms with Gasteiger partial charge < -0.3 is 19.5 Å². The lowest BCUT2D eigenvalue weighted by Crippen LogP contribution is -2.53. The zero-order valence-electron chi connectivity index (χ0n) is 27.1. The minimum absolute atomic E-state index is 0.0511. The maximum atomic E-state index is 16.2. The standard InChI is InChI=1S/C34H41F4N3O5/c1-18-12-22-21-10-8-9-11-25(21)41(32(44)46-34(5,6)7)28(22)29(40(18)17-26(37)38)27-23(35)13-19(14-24(27)36)30(42)20-15-39(16-20)31(43)45-33(2,3)4/h8-11,13-14,18,20,26,29-30,42H,12,15-17H2,1-7H3/t18-,29-,30?/m1/s1. The number of likely N-dealkylation sites (tertiary alicyclic amines) is 1. The third kappa shape index (κ3) is 6.60. The SMILES string of the molecule is C[C@@H]1Cc2c(n(C(=O)OC(C)(C)C)c3ccccc23)[C@@H](c2c(F)cc(C(O)C3CN(C(=O)OC(C)(C)C)C3)cc2F)N1CC(F)F. The molecule has 5 rings (SSSR count). The van der Waals surface area contributed by atoms with Crippen LogP contribution in [0.15, 0.2) is 36.4 Å². The Labute approximate surface area is 265 Å². The normalized spacial score (nSPS) is 20.1. The molecule has 2 aliphatic rings. The third-order valence-corrected chi connectivity index (χ3v) is 8.33. The van der Waals surface area contributed by atoms with E-state index in [0.29, 0.717) is 16.5 Å². The molecular formula is C34H41F4N3O5. The van der Waals surface area contributed by atoms with Crippen LogP contribution in [0.5, 0.6) is 0 Å². The minimum atomic E-state index is -2.83. The molecule has 1 fully saturated rings. The van der Waals surface area contributed by atoms with Crippen LogP contribution in [0.25, 0.3) is 10.9 Å². The zero-order chi connectivity index (χ0) is 33.9. The number of amides is 1. The van der Waals surface area contributed by atoms with Gasteiger partial charge in [-0.3, -0.25) is 4.90 Å². The van der Waals surface area contributed by atoms with E-state index in [1.807, 2.05) is 0 Å². The molecule has 1 saturated heterocycles. The highest BCUT2D eigenvalue weighted by atomic mass is 19.3. The lowest BCUT2D eigenvalue weighted by atomic mass is 9.85. The lowest BCUT2D eigenvalue weighted by molar-refractivity contribution is -0.0316. The zero-order valence-corrected chi connectivity index (χ0v) is 27.1. The summed E-state index contributed by atoms with van der Waals surface area (Å²) in [4.78, 5) is 28.7. The number of aliphatic hydroxyl groups excluding tert-OH is 1. The molecule has 3 atom stereocenters. The summed E-state index contributed by atoms with van der Waals surface area (Å²) in [5.41, 5.74) is -0.968. The number of hydrogen-bond donors (Lipinski definition) is 1. The number of carbonyl (C=O) groups excluding carboxylic acids is 2. The highest BCUT2D eigenvalue weighted by Crippen LogP contribution is 2.45. The molecule has 46 heavy (non-hydrogen) atoms. The van der Waals surface area contributed by atoms with Crippen molar-refractivity contribution in [3.63, 3.8) is 0 Å². The molecule has 3 aromatic rings. The highest BCUT2D eigenvalue weighted by Gasteiger charge is 2.44. The predicted molar refractivity (Wildman–Crippen MR) is 164 cm³/mol. The molecule has 8 nitrogen and oxygen atoms in total. The number of aromatic nitrogens is 1. The second-order valence-corrected chi connectivity index (χ2v) is 14.2. The maximum absolute atomic E-state index is 16.2. The van der Waals surface area contributed by atoms with Gasteiger partial charge in [0.2, 0.25) is 0 Å². The van der Waals surface area contributed by atoms with E-state index in [1.165, 1.54) is 14.4 Å². The second-order valence-electron chi connectivity index (χ2n) is 14.2. The number of halogens is 4. The summed E-state index contributed by atoms with van der Waals surface area (Å²) in [6, 6.07) is 6.97. The number of para-hydroxylation sites is 1. The fraction of sp³-hybridized carbons (Fsp3) is 0.529. The lowest BCUT2D eigenvalue weighted by Gasteiger charge is -2.42. The van der Waals surface area contributed by atoms with Crippen molar-refractivity contribution in [2.75, 3.05) is 19.6 Å². The molecule has 0 spiro atoms. The molecule has 2 aromatic carbocycles. The Morgan fingerprint density at radius 1 is 0.957 bits per heavy atom.